The number of furan rings is 1. The minimum Gasteiger partial charge on any atom is -0.490 e. The molecule has 5 nitrogen and oxygen atoms in total. The van der Waals surface area contributed by atoms with E-state index in [4.69, 9.17) is 13.9 Å². The number of hydrogen-bond donors (Lipinski definition) is 1. The largest absolute Gasteiger partial charge is 0.490 e. The van der Waals surface area contributed by atoms with Gasteiger partial charge in [0, 0.05) is 12.1 Å². The molecule has 0 aliphatic rings. The van der Waals surface area contributed by atoms with E-state index in [1.54, 1.807) is 6.07 Å². The molecule has 0 atom stereocenters. The van der Waals surface area contributed by atoms with E-state index in [0.717, 1.165) is 22.6 Å². The van der Waals surface area contributed by atoms with Gasteiger partial charge in [-0.15, -0.1) is 0 Å². The fraction of sp³-hybridized carbons (Fsp3) is 0.389. The van der Waals surface area contributed by atoms with Crippen molar-refractivity contribution in [1.29, 1.82) is 0 Å². The minimum atomic E-state index is -0.191. The monoisotopic (exact) mass is 317 g/mol. The van der Waals surface area contributed by atoms with Gasteiger partial charge in [0.25, 0.3) is 5.91 Å². The summed E-state index contributed by atoms with van der Waals surface area (Å²) in [5.41, 5.74) is 1.91. The molecule has 1 aromatic carbocycles. The van der Waals surface area contributed by atoms with E-state index in [9.17, 15) is 4.79 Å². The standard InChI is InChI=1S/C18H23NO4/c1-4-21-15-7-6-14(12-16(15)22-5-2)8-10-19-18(20)17-13(3)9-11-23-17/h6-7,9,11-12H,4-5,8,10H2,1-3H3,(H,19,20). The van der Waals surface area contributed by atoms with Crippen LogP contribution in [0.3, 0.4) is 0 Å². The van der Waals surface area contributed by atoms with Crippen LogP contribution in [-0.2, 0) is 6.42 Å². The first-order valence-corrected chi connectivity index (χ1v) is 7.86. The Kier molecular flexibility index (Phi) is 6.09. The van der Waals surface area contributed by atoms with E-state index in [1.165, 1.54) is 6.26 Å². The van der Waals surface area contributed by atoms with Crippen molar-refractivity contribution in [1.82, 2.24) is 5.32 Å². The number of rotatable bonds is 8. The highest BCUT2D eigenvalue weighted by Gasteiger charge is 2.12. The molecule has 2 rings (SSSR count). The highest BCUT2D eigenvalue weighted by Crippen LogP contribution is 2.28. The number of carbonyl (C=O) groups is 1. The fourth-order valence-electron chi connectivity index (χ4n) is 2.26. The summed E-state index contributed by atoms with van der Waals surface area (Å²) in [5, 5.41) is 2.86. The predicted molar refractivity (Wildman–Crippen MR) is 88.3 cm³/mol. The van der Waals surface area contributed by atoms with Gasteiger partial charge in [-0.25, -0.2) is 0 Å². The minimum absolute atomic E-state index is 0.191. The van der Waals surface area contributed by atoms with Gasteiger partial charge in [0.15, 0.2) is 17.3 Å². The van der Waals surface area contributed by atoms with E-state index in [0.29, 0.717) is 31.9 Å². The van der Waals surface area contributed by atoms with Crippen molar-refractivity contribution in [3.63, 3.8) is 0 Å². The SMILES string of the molecule is CCOc1ccc(CCNC(=O)c2occc2C)cc1OCC. The van der Waals surface area contributed by atoms with Gasteiger partial charge in [-0.3, -0.25) is 4.79 Å². The normalized spacial score (nSPS) is 10.4. The third-order valence-corrected chi connectivity index (χ3v) is 3.38. The van der Waals surface area contributed by atoms with Crippen LogP contribution < -0.4 is 14.8 Å². The maximum absolute atomic E-state index is 12.0. The summed E-state index contributed by atoms with van der Waals surface area (Å²) in [6.45, 7) is 7.43. The van der Waals surface area contributed by atoms with E-state index < -0.39 is 0 Å². The second-order valence-corrected chi connectivity index (χ2v) is 5.09. The molecule has 0 radical (unpaired) electrons. The lowest BCUT2D eigenvalue weighted by Crippen LogP contribution is -2.25. The summed E-state index contributed by atoms with van der Waals surface area (Å²) in [7, 11) is 0. The summed E-state index contributed by atoms with van der Waals surface area (Å²) in [6, 6.07) is 7.62. The molecule has 0 bridgehead atoms. The highest BCUT2D eigenvalue weighted by molar-refractivity contribution is 5.92. The fourth-order valence-corrected chi connectivity index (χ4v) is 2.26. The highest BCUT2D eigenvalue weighted by atomic mass is 16.5. The van der Waals surface area contributed by atoms with Crippen LogP contribution in [-0.4, -0.2) is 25.7 Å². The second-order valence-electron chi connectivity index (χ2n) is 5.09. The Labute approximate surface area is 136 Å². The third-order valence-electron chi connectivity index (χ3n) is 3.38. The van der Waals surface area contributed by atoms with E-state index in [1.807, 2.05) is 39.0 Å². The molecule has 0 spiro atoms. The number of nitrogens with one attached hydrogen (secondary N) is 1. The Balaban J connectivity index is 1.94. The summed E-state index contributed by atoms with van der Waals surface area (Å²) in [5.74, 6) is 1.66. The molecule has 124 valence electrons. The number of carbonyl (C=O) groups excluding carboxylic acids is 1. The second kappa shape index (κ2) is 8.27. The zero-order valence-corrected chi connectivity index (χ0v) is 13.8. The van der Waals surface area contributed by atoms with E-state index >= 15 is 0 Å². The van der Waals surface area contributed by atoms with Gasteiger partial charge in [-0.2, -0.15) is 0 Å². The van der Waals surface area contributed by atoms with Gasteiger partial charge in [-0.1, -0.05) is 6.07 Å². The Morgan fingerprint density at radius 2 is 1.87 bits per heavy atom. The summed E-state index contributed by atoms with van der Waals surface area (Å²) in [6.07, 6.45) is 2.23. The smallest absolute Gasteiger partial charge is 0.287 e. The van der Waals surface area contributed by atoms with Gasteiger partial charge in [0.2, 0.25) is 0 Å². The number of ether oxygens (including phenoxy) is 2. The molecule has 23 heavy (non-hydrogen) atoms. The van der Waals surface area contributed by atoms with E-state index in [-0.39, 0.29) is 5.91 Å². The maximum atomic E-state index is 12.0. The van der Waals surface area contributed by atoms with Crippen LogP contribution in [0.1, 0.15) is 35.5 Å². The van der Waals surface area contributed by atoms with Crippen molar-refractivity contribution in [3.05, 3.63) is 47.4 Å². The molecule has 1 amide bonds. The number of aryl methyl sites for hydroxylation is 1. The van der Waals surface area contributed by atoms with Gasteiger partial charge in [-0.05, 0) is 51.0 Å². The van der Waals surface area contributed by atoms with Gasteiger partial charge in [0.1, 0.15) is 0 Å². The van der Waals surface area contributed by atoms with Crippen LogP contribution in [0, 0.1) is 6.92 Å². The van der Waals surface area contributed by atoms with Crippen LogP contribution in [0.2, 0.25) is 0 Å². The summed E-state index contributed by atoms with van der Waals surface area (Å²) in [4.78, 5) is 12.0. The van der Waals surface area contributed by atoms with Gasteiger partial charge < -0.3 is 19.2 Å². The maximum Gasteiger partial charge on any atom is 0.287 e. The van der Waals surface area contributed by atoms with Crippen LogP contribution in [0.5, 0.6) is 11.5 Å². The topological polar surface area (TPSA) is 60.7 Å². The average Bonchev–Trinajstić information content (AvgIpc) is 2.96. The Bertz CT molecular complexity index is 648. The Morgan fingerprint density at radius 1 is 1.13 bits per heavy atom. The molecule has 1 N–H and O–H groups in total. The molecular formula is C18H23NO4. The Hall–Kier alpha value is -2.43. The molecule has 1 heterocycles. The molecular weight excluding hydrogens is 294 g/mol. The van der Waals surface area contributed by atoms with Crippen molar-refractivity contribution >= 4 is 5.91 Å². The van der Waals surface area contributed by atoms with Crippen molar-refractivity contribution in [2.75, 3.05) is 19.8 Å². The number of amides is 1. The van der Waals surface area contributed by atoms with Crippen LogP contribution in [0.15, 0.2) is 34.9 Å². The molecule has 5 heteroatoms. The Morgan fingerprint density at radius 3 is 2.52 bits per heavy atom. The number of benzene rings is 1. The molecule has 0 saturated heterocycles. The summed E-state index contributed by atoms with van der Waals surface area (Å²) >= 11 is 0. The van der Waals surface area contributed by atoms with Gasteiger partial charge in [0.05, 0.1) is 19.5 Å². The lowest BCUT2D eigenvalue weighted by molar-refractivity contribution is 0.0925. The number of hydrogen-bond acceptors (Lipinski definition) is 4. The molecule has 2 aromatic rings. The molecule has 1 aromatic heterocycles. The first kappa shape index (κ1) is 16.9. The van der Waals surface area contributed by atoms with Crippen molar-refractivity contribution in [2.24, 2.45) is 0 Å². The molecule has 0 fully saturated rings. The first-order valence-electron chi connectivity index (χ1n) is 7.86. The van der Waals surface area contributed by atoms with Crippen molar-refractivity contribution in [3.8, 4) is 11.5 Å². The third kappa shape index (κ3) is 4.52. The van der Waals surface area contributed by atoms with Gasteiger partial charge >= 0.3 is 0 Å². The first-order chi connectivity index (χ1) is 11.2. The molecule has 0 unspecified atom stereocenters. The average molecular weight is 317 g/mol. The van der Waals surface area contributed by atoms with E-state index in [2.05, 4.69) is 5.32 Å². The van der Waals surface area contributed by atoms with Crippen LogP contribution in [0.4, 0.5) is 0 Å². The zero-order chi connectivity index (χ0) is 16.7. The predicted octanol–water partition coefficient (Wildman–Crippen LogP) is 3.36. The summed E-state index contributed by atoms with van der Waals surface area (Å²) < 4.78 is 16.3. The molecule has 0 aliphatic heterocycles. The van der Waals surface area contributed by atoms with Crippen LogP contribution in [0.25, 0.3) is 0 Å². The molecule has 0 saturated carbocycles. The van der Waals surface area contributed by atoms with Crippen molar-refractivity contribution < 1.29 is 18.7 Å². The zero-order valence-electron chi connectivity index (χ0n) is 13.8. The van der Waals surface area contributed by atoms with Crippen molar-refractivity contribution in [2.45, 2.75) is 27.2 Å². The van der Waals surface area contributed by atoms with Crippen LogP contribution >= 0.6 is 0 Å². The lowest BCUT2D eigenvalue weighted by Gasteiger charge is -2.12. The molecule has 0 aliphatic carbocycles. The quantitative estimate of drug-likeness (QED) is 0.811. The lowest BCUT2D eigenvalue weighted by atomic mass is 10.1.